The van der Waals surface area contributed by atoms with Gasteiger partial charge in [-0.1, -0.05) is 32.0 Å². The van der Waals surface area contributed by atoms with Crippen LogP contribution in [0.15, 0.2) is 35.5 Å². The number of hydrogen-bond donors (Lipinski definition) is 9. The molecule has 4 atom stereocenters. The number of hydrogen-bond acceptors (Lipinski definition) is 7. The van der Waals surface area contributed by atoms with Gasteiger partial charge in [-0.2, -0.15) is 0 Å². The highest BCUT2D eigenvalue weighted by Gasteiger charge is 2.31. The topological polar surface area (TPSA) is 274 Å². The van der Waals surface area contributed by atoms with E-state index < -0.39 is 60.2 Å². The average Bonchev–Trinajstić information content (AvgIpc) is 3.31. The summed E-state index contributed by atoms with van der Waals surface area (Å²) in [5.74, 6) is -4.40. The van der Waals surface area contributed by atoms with Gasteiger partial charge in [0.1, 0.15) is 18.1 Å². The molecule has 1 aromatic heterocycles. The quantitative estimate of drug-likeness (QED) is 0.0594. The first kappa shape index (κ1) is 33.5. The Labute approximate surface area is 243 Å². The Morgan fingerprint density at radius 3 is 2.17 bits per heavy atom. The molecule has 13 N–H and O–H groups in total. The molecule has 0 aliphatic carbocycles. The van der Waals surface area contributed by atoms with Crippen molar-refractivity contribution in [3.63, 3.8) is 0 Å². The van der Waals surface area contributed by atoms with Crippen LogP contribution in [0.2, 0.25) is 0 Å². The van der Waals surface area contributed by atoms with Gasteiger partial charge in [-0.05, 0) is 36.8 Å². The van der Waals surface area contributed by atoms with Gasteiger partial charge in [0.25, 0.3) is 0 Å². The van der Waals surface area contributed by atoms with E-state index in [2.05, 4.69) is 25.9 Å². The lowest BCUT2D eigenvalue weighted by Gasteiger charge is -2.26. The van der Waals surface area contributed by atoms with E-state index in [-0.39, 0.29) is 44.1 Å². The lowest BCUT2D eigenvalue weighted by atomic mass is 10.0. The third kappa shape index (κ3) is 10.7. The number of primary amides is 1. The number of carbonyl (C=O) groups is 5. The molecule has 2 rings (SSSR count). The molecule has 15 heteroatoms. The molecule has 0 spiro atoms. The monoisotopic (exact) mass is 587 g/mol. The Morgan fingerprint density at radius 2 is 1.55 bits per heavy atom. The fraction of sp³-hybridized carbons (Fsp3) is 0.481. The molecular weight excluding hydrogens is 546 g/mol. The van der Waals surface area contributed by atoms with Crippen LogP contribution in [0.3, 0.4) is 0 Å². The van der Waals surface area contributed by atoms with Gasteiger partial charge < -0.3 is 49.0 Å². The van der Waals surface area contributed by atoms with Crippen molar-refractivity contribution < 1.29 is 29.1 Å². The molecule has 0 bridgehead atoms. The number of nitrogens with zero attached hydrogens (tertiary/aromatic N) is 1. The van der Waals surface area contributed by atoms with Crippen molar-refractivity contribution in [2.24, 2.45) is 33.8 Å². The van der Waals surface area contributed by atoms with Crippen molar-refractivity contribution in [2.75, 3.05) is 6.54 Å². The van der Waals surface area contributed by atoms with Crippen LogP contribution >= 0.6 is 0 Å². The zero-order valence-corrected chi connectivity index (χ0v) is 23.8. The number of fused-ring (bicyclic) bond motifs is 1. The smallest absolute Gasteiger partial charge is 0.326 e. The molecular formula is C27H41N9O6. The van der Waals surface area contributed by atoms with E-state index in [4.69, 9.17) is 22.9 Å². The van der Waals surface area contributed by atoms with Crippen LogP contribution in [0.4, 0.5) is 0 Å². The molecule has 0 aliphatic rings. The second-order valence-corrected chi connectivity index (χ2v) is 10.4. The van der Waals surface area contributed by atoms with Gasteiger partial charge in [-0.3, -0.25) is 24.2 Å². The summed E-state index contributed by atoms with van der Waals surface area (Å²) in [4.78, 5) is 69.4. The fourth-order valence-electron chi connectivity index (χ4n) is 4.33. The maximum absolute atomic E-state index is 13.4. The van der Waals surface area contributed by atoms with Crippen molar-refractivity contribution in [3.8, 4) is 0 Å². The summed E-state index contributed by atoms with van der Waals surface area (Å²) in [6.07, 6.45) is 1.80. The van der Waals surface area contributed by atoms with Gasteiger partial charge in [0.05, 0.1) is 12.5 Å². The number of rotatable bonds is 17. The number of carbonyl (C=O) groups excluding carboxylic acids is 4. The third-order valence-electron chi connectivity index (χ3n) is 6.39. The summed E-state index contributed by atoms with van der Waals surface area (Å²) in [5.41, 5.74) is 23.1. The number of guanidine groups is 1. The number of H-pyrrole nitrogens is 1. The number of nitrogens with two attached hydrogens (primary N) is 4. The number of aliphatic imine (C=N–C) groups is 1. The Hall–Kier alpha value is -4.66. The number of aromatic nitrogens is 1. The number of benzene rings is 1. The first-order valence-corrected chi connectivity index (χ1v) is 13.6. The number of carboxylic acid groups (broad SMARTS) is 1. The molecule has 1 aromatic carbocycles. The largest absolute Gasteiger partial charge is 0.480 e. The van der Waals surface area contributed by atoms with Crippen LogP contribution in [0.25, 0.3) is 10.9 Å². The van der Waals surface area contributed by atoms with E-state index in [1.165, 1.54) is 0 Å². The van der Waals surface area contributed by atoms with Crippen molar-refractivity contribution in [2.45, 2.75) is 70.1 Å². The molecule has 4 unspecified atom stereocenters. The molecule has 0 radical (unpaired) electrons. The van der Waals surface area contributed by atoms with Crippen molar-refractivity contribution in [1.82, 2.24) is 20.9 Å². The van der Waals surface area contributed by atoms with E-state index in [1.54, 1.807) is 6.20 Å². The van der Waals surface area contributed by atoms with Gasteiger partial charge in [0.15, 0.2) is 5.96 Å². The zero-order chi connectivity index (χ0) is 31.4. The van der Waals surface area contributed by atoms with Crippen LogP contribution in [0.5, 0.6) is 0 Å². The minimum absolute atomic E-state index is 0.0104. The standard InChI is InChI=1S/C27H41N9O6/c1-14(2)10-20(35-23(38)17(28)12-22(29)37)25(40)34-19(8-5-9-32-27(30)31)24(39)36-21(26(41)42)11-15-13-33-18-7-4-3-6-16(15)18/h3-4,6-7,13-14,17,19-21,33H,5,8-12,28H2,1-2H3,(H2,29,37)(H,34,40)(H,35,38)(H,36,39)(H,41,42)(H4,30,31,32). The third-order valence-corrected chi connectivity index (χ3v) is 6.39. The molecule has 2 aromatic rings. The number of amides is 4. The van der Waals surface area contributed by atoms with Gasteiger partial charge in [-0.25, -0.2) is 4.79 Å². The lowest BCUT2D eigenvalue weighted by Crippen LogP contribution is -2.57. The molecule has 15 nitrogen and oxygen atoms in total. The SMILES string of the molecule is CC(C)CC(NC(=O)C(N)CC(N)=O)C(=O)NC(CCCN=C(N)N)C(=O)NC(Cc1c[nH]c2ccccc12)C(=O)O. The number of aromatic amines is 1. The van der Waals surface area contributed by atoms with Crippen LogP contribution in [-0.2, 0) is 30.4 Å². The fourth-order valence-corrected chi connectivity index (χ4v) is 4.33. The maximum Gasteiger partial charge on any atom is 0.326 e. The highest BCUT2D eigenvalue weighted by Crippen LogP contribution is 2.19. The van der Waals surface area contributed by atoms with E-state index >= 15 is 0 Å². The number of nitrogens with one attached hydrogen (secondary N) is 4. The zero-order valence-electron chi connectivity index (χ0n) is 23.8. The molecule has 0 saturated carbocycles. The molecule has 1 heterocycles. The average molecular weight is 588 g/mol. The molecule has 0 fully saturated rings. The predicted octanol–water partition coefficient (Wildman–Crippen LogP) is -1.45. The van der Waals surface area contributed by atoms with E-state index in [9.17, 15) is 29.1 Å². The summed E-state index contributed by atoms with van der Waals surface area (Å²) >= 11 is 0. The summed E-state index contributed by atoms with van der Waals surface area (Å²) in [7, 11) is 0. The van der Waals surface area contributed by atoms with E-state index in [0.29, 0.717) is 5.56 Å². The summed E-state index contributed by atoms with van der Waals surface area (Å²) in [6.45, 7) is 3.82. The Bertz CT molecular complexity index is 1290. The van der Waals surface area contributed by atoms with Gasteiger partial charge >= 0.3 is 5.97 Å². The highest BCUT2D eigenvalue weighted by molar-refractivity contribution is 5.95. The van der Waals surface area contributed by atoms with Crippen LogP contribution in [-0.4, -0.2) is 76.4 Å². The second kappa shape index (κ2) is 16.0. The second-order valence-electron chi connectivity index (χ2n) is 10.4. The minimum Gasteiger partial charge on any atom is -0.480 e. The van der Waals surface area contributed by atoms with Crippen molar-refractivity contribution in [3.05, 3.63) is 36.0 Å². The Balaban J connectivity index is 2.23. The first-order chi connectivity index (χ1) is 19.8. The van der Waals surface area contributed by atoms with Gasteiger partial charge in [0.2, 0.25) is 23.6 Å². The number of aliphatic carboxylic acids is 1. The lowest BCUT2D eigenvalue weighted by molar-refractivity contribution is -0.142. The summed E-state index contributed by atoms with van der Waals surface area (Å²) in [5, 5.41) is 18.4. The Kier molecular flexibility index (Phi) is 12.7. The Morgan fingerprint density at radius 1 is 0.929 bits per heavy atom. The molecule has 230 valence electrons. The summed E-state index contributed by atoms with van der Waals surface area (Å²) in [6, 6.07) is 2.53. The van der Waals surface area contributed by atoms with Crippen molar-refractivity contribution >= 4 is 46.5 Å². The summed E-state index contributed by atoms with van der Waals surface area (Å²) < 4.78 is 0. The van der Waals surface area contributed by atoms with Crippen molar-refractivity contribution in [1.29, 1.82) is 0 Å². The number of para-hydroxylation sites is 1. The number of carboxylic acids is 1. The molecule has 42 heavy (non-hydrogen) atoms. The predicted molar refractivity (Wildman–Crippen MR) is 157 cm³/mol. The van der Waals surface area contributed by atoms with Gasteiger partial charge in [-0.15, -0.1) is 0 Å². The minimum atomic E-state index is -1.30. The van der Waals surface area contributed by atoms with E-state index in [1.807, 2.05) is 38.1 Å². The normalized spacial score (nSPS) is 13.9. The van der Waals surface area contributed by atoms with E-state index in [0.717, 1.165) is 10.9 Å². The van der Waals surface area contributed by atoms with Crippen LogP contribution < -0.4 is 38.9 Å². The molecule has 4 amide bonds. The highest BCUT2D eigenvalue weighted by atomic mass is 16.4. The molecule has 0 aliphatic heterocycles. The van der Waals surface area contributed by atoms with Crippen LogP contribution in [0.1, 0.15) is 45.1 Å². The first-order valence-electron chi connectivity index (χ1n) is 13.6. The molecule has 0 saturated heterocycles. The maximum atomic E-state index is 13.4. The van der Waals surface area contributed by atoms with Gasteiger partial charge in [0, 0.05) is 30.1 Å². The van der Waals surface area contributed by atoms with Crippen LogP contribution in [0, 0.1) is 5.92 Å².